The van der Waals surface area contributed by atoms with Crippen LogP contribution >= 0.6 is 0 Å². The van der Waals surface area contributed by atoms with Crippen molar-refractivity contribution in [2.75, 3.05) is 24.3 Å². The highest BCUT2D eigenvalue weighted by Gasteiger charge is 2.14. The van der Waals surface area contributed by atoms with Crippen molar-refractivity contribution in [1.82, 2.24) is 4.72 Å². The predicted octanol–water partition coefficient (Wildman–Crippen LogP) is -0.588. The molecule has 0 aromatic carbocycles. The molecule has 2 unspecified atom stereocenters. The first-order chi connectivity index (χ1) is 6.87. The maximum atomic E-state index is 11.4. The van der Waals surface area contributed by atoms with Gasteiger partial charge in [0.05, 0.1) is 5.75 Å². The third-order valence-electron chi connectivity index (χ3n) is 1.73. The van der Waals surface area contributed by atoms with Crippen molar-refractivity contribution in [2.24, 2.45) is 5.73 Å². The Balaban J connectivity index is 3.97. The molecule has 7 heteroatoms. The van der Waals surface area contributed by atoms with Crippen LogP contribution in [-0.4, -0.2) is 43.0 Å². The van der Waals surface area contributed by atoms with E-state index in [0.29, 0.717) is 25.1 Å². The lowest BCUT2D eigenvalue weighted by Gasteiger charge is -2.12. The molecular formula is C8H20N2O3S2. The lowest BCUT2D eigenvalue weighted by Crippen LogP contribution is -2.37. The molecule has 0 bridgehead atoms. The van der Waals surface area contributed by atoms with Gasteiger partial charge < -0.3 is 5.73 Å². The van der Waals surface area contributed by atoms with Crippen molar-refractivity contribution in [2.45, 2.75) is 25.8 Å². The molecule has 2 atom stereocenters. The number of nitrogens with two attached hydrogens (primary N) is 1. The fourth-order valence-corrected chi connectivity index (χ4v) is 3.48. The van der Waals surface area contributed by atoms with Crippen LogP contribution in [0.5, 0.6) is 0 Å². The van der Waals surface area contributed by atoms with E-state index in [1.54, 1.807) is 13.2 Å². The molecule has 92 valence electrons. The van der Waals surface area contributed by atoms with E-state index in [-0.39, 0.29) is 11.8 Å². The highest BCUT2D eigenvalue weighted by molar-refractivity contribution is 7.89. The van der Waals surface area contributed by atoms with E-state index in [1.165, 1.54) is 0 Å². The molecule has 0 aromatic rings. The molecule has 0 aliphatic carbocycles. The average molecular weight is 256 g/mol. The normalized spacial score (nSPS) is 16.2. The summed E-state index contributed by atoms with van der Waals surface area (Å²) in [6, 6.07) is -0.279. The smallest absolute Gasteiger partial charge is 0.211 e. The maximum absolute atomic E-state index is 11.4. The molecule has 0 aromatic heterocycles. The summed E-state index contributed by atoms with van der Waals surface area (Å²) in [7, 11) is -4.22. The van der Waals surface area contributed by atoms with Crippen molar-refractivity contribution in [3.8, 4) is 0 Å². The first kappa shape index (κ1) is 15.0. The van der Waals surface area contributed by atoms with Gasteiger partial charge in [0.25, 0.3) is 0 Å². The number of unbranched alkanes of at least 4 members (excludes halogenated alkanes) is 1. The molecule has 3 N–H and O–H groups in total. The van der Waals surface area contributed by atoms with Gasteiger partial charge in [-0.1, -0.05) is 0 Å². The van der Waals surface area contributed by atoms with Crippen LogP contribution in [0.25, 0.3) is 0 Å². The molecule has 0 spiro atoms. The van der Waals surface area contributed by atoms with Gasteiger partial charge in [0.2, 0.25) is 10.0 Å². The fraction of sp³-hybridized carbons (Fsp3) is 1.00. The average Bonchev–Trinajstić information content (AvgIpc) is 2.00. The summed E-state index contributed by atoms with van der Waals surface area (Å²) in [5.41, 5.74) is 5.27. The number of sulfonamides is 1. The third kappa shape index (κ3) is 8.98. The summed E-state index contributed by atoms with van der Waals surface area (Å²) < 4.78 is 36.2. The van der Waals surface area contributed by atoms with E-state index in [0.717, 1.165) is 0 Å². The van der Waals surface area contributed by atoms with E-state index in [9.17, 15) is 12.6 Å². The van der Waals surface area contributed by atoms with Crippen molar-refractivity contribution in [3.05, 3.63) is 0 Å². The summed E-state index contributed by atoms with van der Waals surface area (Å²) in [4.78, 5) is 0. The van der Waals surface area contributed by atoms with Crippen molar-refractivity contribution in [3.63, 3.8) is 0 Å². The zero-order chi connectivity index (χ0) is 11.9. The molecule has 0 amide bonds. The van der Waals surface area contributed by atoms with Crippen molar-refractivity contribution in [1.29, 1.82) is 0 Å². The molecule has 0 fully saturated rings. The molecule has 0 rings (SSSR count). The van der Waals surface area contributed by atoms with Gasteiger partial charge in [-0.25, -0.2) is 13.1 Å². The minimum Gasteiger partial charge on any atom is -0.330 e. The van der Waals surface area contributed by atoms with Crippen LogP contribution in [0.1, 0.15) is 19.8 Å². The van der Waals surface area contributed by atoms with Crippen LogP contribution in [-0.2, 0) is 20.8 Å². The molecule has 0 aliphatic heterocycles. The molecule has 5 nitrogen and oxygen atoms in total. The van der Waals surface area contributed by atoms with Gasteiger partial charge in [-0.15, -0.1) is 0 Å². The summed E-state index contributed by atoms with van der Waals surface area (Å²) in [5.74, 6) is 0.432. The summed E-state index contributed by atoms with van der Waals surface area (Å²) in [6.07, 6.45) is 2.82. The SMILES string of the molecule is CC(CS(C)=O)NS(=O)(=O)CCCCN. The van der Waals surface area contributed by atoms with E-state index in [4.69, 9.17) is 5.73 Å². The van der Waals surface area contributed by atoms with Crippen molar-refractivity contribution < 1.29 is 12.6 Å². The summed E-state index contributed by atoms with van der Waals surface area (Å²) in [6.45, 7) is 2.21. The molecule has 0 saturated heterocycles. The van der Waals surface area contributed by atoms with E-state index in [1.807, 2.05) is 0 Å². The van der Waals surface area contributed by atoms with E-state index in [2.05, 4.69) is 4.72 Å². The number of rotatable bonds is 8. The topological polar surface area (TPSA) is 89.3 Å². The van der Waals surface area contributed by atoms with Crippen LogP contribution in [0.15, 0.2) is 0 Å². The minimum absolute atomic E-state index is 0.0882. The van der Waals surface area contributed by atoms with Crippen LogP contribution in [0.3, 0.4) is 0 Å². The van der Waals surface area contributed by atoms with Gasteiger partial charge in [0, 0.05) is 28.9 Å². The second-order valence-corrected chi connectivity index (χ2v) is 6.93. The molecule has 0 heterocycles. The lowest BCUT2D eigenvalue weighted by atomic mass is 10.3. The number of hydrogen-bond donors (Lipinski definition) is 2. The van der Waals surface area contributed by atoms with Crippen LogP contribution in [0, 0.1) is 0 Å². The Hall–Kier alpha value is 0.0200. The zero-order valence-corrected chi connectivity index (χ0v) is 10.9. The van der Waals surface area contributed by atoms with Gasteiger partial charge >= 0.3 is 0 Å². The second-order valence-electron chi connectivity index (χ2n) is 3.57. The zero-order valence-electron chi connectivity index (χ0n) is 9.23. The third-order valence-corrected chi connectivity index (χ3v) is 4.29. The summed E-state index contributed by atoms with van der Waals surface area (Å²) in [5, 5.41) is 0. The first-order valence-electron chi connectivity index (χ1n) is 4.87. The largest absolute Gasteiger partial charge is 0.330 e. The Morgan fingerprint density at radius 2 is 2.00 bits per heavy atom. The monoisotopic (exact) mass is 256 g/mol. The van der Waals surface area contributed by atoms with Gasteiger partial charge in [-0.2, -0.15) is 0 Å². The molecule has 0 radical (unpaired) electrons. The van der Waals surface area contributed by atoms with Crippen LogP contribution < -0.4 is 10.5 Å². The van der Waals surface area contributed by atoms with Gasteiger partial charge in [0.1, 0.15) is 0 Å². The van der Waals surface area contributed by atoms with Gasteiger partial charge in [-0.3, -0.25) is 4.21 Å². The quantitative estimate of drug-likeness (QED) is 0.568. The Kier molecular flexibility index (Phi) is 7.33. The number of nitrogens with one attached hydrogen (secondary N) is 1. The fourth-order valence-electron chi connectivity index (χ4n) is 1.19. The summed E-state index contributed by atoms with van der Waals surface area (Å²) >= 11 is 0. The molecule has 0 saturated carbocycles. The molecule has 15 heavy (non-hydrogen) atoms. The van der Waals surface area contributed by atoms with E-state index >= 15 is 0 Å². The number of hydrogen-bond acceptors (Lipinski definition) is 4. The molecular weight excluding hydrogens is 236 g/mol. The predicted molar refractivity (Wildman–Crippen MR) is 63.6 cm³/mol. The maximum Gasteiger partial charge on any atom is 0.211 e. The van der Waals surface area contributed by atoms with E-state index < -0.39 is 20.8 Å². The van der Waals surface area contributed by atoms with Crippen molar-refractivity contribution >= 4 is 20.8 Å². The Morgan fingerprint density at radius 1 is 1.40 bits per heavy atom. The van der Waals surface area contributed by atoms with Gasteiger partial charge in [-0.05, 0) is 26.3 Å². The Bertz CT molecular complexity index is 290. The lowest BCUT2D eigenvalue weighted by molar-refractivity contribution is 0.566. The second kappa shape index (κ2) is 7.32. The first-order valence-corrected chi connectivity index (χ1v) is 8.25. The Labute approximate surface area is 94.3 Å². The Morgan fingerprint density at radius 3 is 2.47 bits per heavy atom. The highest BCUT2D eigenvalue weighted by Crippen LogP contribution is 1.96. The van der Waals surface area contributed by atoms with Gasteiger partial charge in [0.15, 0.2) is 0 Å². The highest BCUT2D eigenvalue weighted by atomic mass is 32.2. The molecule has 0 aliphatic rings. The minimum atomic E-state index is -3.24. The van der Waals surface area contributed by atoms with Crippen LogP contribution in [0.2, 0.25) is 0 Å². The van der Waals surface area contributed by atoms with Crippen LogP contribution in [0.4, 0.5) is 0 Å². The standard InChI is InChI=1S/C8H20N2O3S2/c1-8(7-14(2)11)10-15(12,13)6-4-3-5-9/h8,10H,3-7,9H2,1-2H3.